The van der Waals surface area contributed by atoms with Crippen LogP contribution >= 0.6 is 50.2 Å². The third kappa shape index (κ3) is 3.23. The summed E-state index contributed by atoms with van der Waals surface area (Å²) in [4.78, 5) is 6.70. The predicted molar refractivity (Wildman–Crippen MR) is 91.1 cm³/mol. The van der Waals surface area contributed by atoms with Gasteiger partial charge < -0.3 is 5.32 Å². The molecule has 3 aromatic rings. The fourth-order valence-corrected chi connectivity index (χ4v) is 4.08. The van der Waals surface area contributed by atoms with Crippen molar-refractivity contribution < 1.29 is 0 Å². The van der Waals surface area contributed by atoms with E-state index < -0.39 is 0 Å². The molecule has 0 bridgehead atoms. The van der Waals surface area contributed by atoms with Crippen molar-refractivity contribution in [1.82, 2.24) is 4.98 Å². The van der Waals surface area contributed by atoms with E-state index in [0.29, 0.717) is 0 Å². The van der Waals surface area contributed by atoms with Crippen LogP contribution in [0.2, 0.25) is 4.34 Å². The second kappa shape index (κ2) is 6.26. The molecule has 3 rings (SSSR count). The summed E-state index contributed by atoms with van der Waals surface area (Å²) < 4.78 is 1.63. The van der Waals surface area contributed by atoms with Crippen molar-refractivity contribution in [3.63, 3.8) is 0 Å². The number of anilines is 1. The van der Waals surface area contributed by atoms with E-state index in [2.05, 4.69) is 49.8 Å². The van der Waals surface area contributed by atoms with Crippen molar-refractivity contribution in [3.05, 3.63) is 66.7 Å². The van der Waals surface area contributed by atoms with Crippen LogP contribution in [0, 0.1) is 0 Å². The molecular weight excluding hydrogens is 376 g/mol. The van der Waals surface area contributed by atoms with E-state index in [9.17, 15) is 0 Å². The van der Waals surface area contributed by atoms with Gasteiger partial charge in [0.1, 0.15) is 4.60 Å². The molecule has 0 aliphatic carbocycles. The van der Waals surface area contributed by atoms with Gasteiger partial charge in [0.25, 0.3) is 0 Å². The standard InChI is InChI=1S/C14H10BrClN2S2/c15-12-5-3-9(8-17-12)18-14(10-2-1-7-19-10)11-4-6-13(16)20-11/h1-8,14,18H. The minimum absolute atomic E-state index is 0.107. The summed E-state index contributed by atoms with van der Waals surface area (Å²) in [6.07, 6.45) is 1.82. The molecule has 3 aromatic heterocycles. The van der Waals surface area contributed by atoms with Crippen LogP contribution in [0.1, 0.15) is 15.8 Å². The van der Waals surface area contributed by atoms with Gasteiger partial charge in [-0.15, -0.1) is 22.7 Å². The summed E-state index contributed by atoms with van der Waals surface area (Å²) in [5.74, 6) is 0. The Morgan fingerprint density at radius 3 is 2.65 bits per heavy atom. The summed E-state index contributed by atoms with van der Waals surface area (Å²) >= 11 is 12.7. The minimum Gasteiger partial charge on any atom is -0.371 e. The second-order valence-electron chi connectivity index (χ2n) is 4.10. The van der Waals surface area contributed by atoms with Crippen LogP contribution in [0.4, 0.5) is 5.69 Å². The number of hydrogen-bond donors (Lipinski definition) is 1. The molecule has 1 unspecified atom stereocenters. The van der Waals surface area contributed by atoms with Gasteiger partial charge >= 0.3 is 0 Å². The Morgan fingerprint density at radius 1 is 1.15 bits per heavy atom. The van der Waals surface area contributed by atoms with Crippen molar-refractivity contribution in [1.29, 1.82) is 0 Å². The minimum atomic E-state index is 0.107. The Balaban J connectivity index is 1.92. The molecule has 0 aliphatic heterocycles. The van der Waals surface area contributed by atoms with E-state index in [1.54, 1.807) is 22.7 Å². The molecule has 2 nitrogen and oxygen atoms in total. The van der Waals surface area contributed by atoms with Crippen LogP contribution in [0.25, 0.3) is 0 Å². The molecule has 102 valence electrons. The van der Waals surface area contributed by atoms with E-state index in [1.165, 1.54) is 9.75 Å². The van der Waals surface area contributed by atoms with E-state index in [1.807, 2.05) is 24.4 Å². The highest BCUT2D eigenvalue weighted by molar-refractivity contribution is 9.10. The average molecular weight is 386 g/mol. The van der Waals surface area contributed by atoms with Gasteiger partial charge in [0, 0.05) is 9.75 Å². The maximum absolute atomic E-state index is 6.07. The van der Waals surface area contributed by atoms with Gasteiger partial charge in [-0.3, -0.25) is 0 Å². The quantitative estimate of drug-likeness (QED) is 0.572. The Hall–Kier alpha value is -0.880. The van der Waals surface area contributed by atoms with Crippen molar-refractivity contribution in [2.45, 2.75) is 6.04 Å². The lowest BCUT2D eigenvalue weighted by molar-refractivity contribution is 0.988. The molecule has 0 fully saturated rings. The van der Waals surface area contributed by atoms with E-state index in [4.69, 9.17) is 11.6 Å². The van der Waals surface area contributed by atoms with Crippen LogP contribution in [-0.4, -0.2) is 4.98 Å². The van der Waals surface area contributed by atoms with Gasteiger partial charge in [0.05, 0.1) is 22.3 Å². The highest BCUT2D eigenvalue weighted by Gasteiger charge is 2.17. The average Bonchev–Trinajstić information content (AvgIpc) is 3.09. The highest BCUT2D eigenvalue weighted by Crippen LogP contribution is 2.35. The number of thiophene rings is 2. The first-order chi connectivity index (χ1) is 9.72. The topological polar surface area (TPSA) is 24.9 Å². The molecule has 0 radical (unpaired) electrons. The van der Waals surface area contributed by atoms with E-state index >= 15 is 0 Å². The number of hydrogen-bond acceptors (Lipinski definition) is 4. The molecule has 1 atom stereocenters. The summed E-state index contributed by atoms with van der Waals surface area (Å²) in [5, 5.41) is 5.60. The SMILES string of the molecule is Clc1ccc(C(Nc2ccc(Br)nc2)c2cccs2)s1. The lowest BCUT2D eigenvalue weighted by atomic mass is 10.2. The van der Waals surface area contributed by atoms with Gasteiger partial charge in [-0.05, 0) is 51.6 Å². The number of halogens is 2. The van der Waals surface area contributed by atoms with Gasteiger partial charge in [-0.1, -0.05) is 17.7 Å². The molecule has 0 saturated heterocycles. The molecule has 0 aromatic carbocycles. The Labute approximate surface area is 138 Å². The van der Waals surface area contributed by atoms with Crippen LogP contribution in [0.5, 0.6) is 0 Å². The van der Waals surface area contributed by atoms with Crippen LogP contribution in [-0.2, 0) is 0 Å². The van der Waals surface area contributed by atoms with Crippen molar-refractivity contribution >= 4 is 55.9 Å². The summed E-state index contributed by atoms with van der Waals surface area (Å²) in [5.41, 5.74) is 0.983. The lowest BCUT2D eigenvalue weighted by Gasteiger charge is -2.17. The first-order valence-corrected chi connectivity index (χ1v) is 8.76. The maximum Gasteiger partial charge on any atom is 0.106 e. The summed E-state index contributed by atoms with van der Waals surface area (Å²) in [6, 6.07) is 12.2. The van der Waals surface area contributed by atoms with Gasteiger partial charge in [0.2, 0.25) is 0 Å². The number of pyridine rings is 1. The van der Waals surface area contributed by atoms with Crippen molar-refractivity contribution in [3.8, 4) is 0 Å². The van der Waals surface area contributed by atoms with E-state index in [-0.39, 0.29) is 6.04 Å². The van der Waals surface area contributed by atoms with Crippen LogP contribution < -0.4 is 5.32 Å². The highest BCUT2D eigenvalue weighted by atomic mass is 79.9. The number of nitrogens with one attached hydrogen (secondary N) is 1. The number of rotatable bonds is 4. The third-order valence-corrected chi connectivity index (χ3v) is 5.45. The normalized spacial score (nSPS) is 12.3. The second-order valence-corrected chi connectivity index (χ2v) is 7.64. The molecule has 20 heavy (non-hydrogen) atoms. The molecule has 1 N–H and O–H groups in total. The Bertz CT molecular complexity index is 680. The zero-order valence-electron chi connectivity index (χ0n) is 10.2. The predicted octanol–water partition coefficient (Wildman–Crippen LogP) is 5.82. The molecule has 3 heterocycles. The zero-order valence-corrected chi connectivity index (χ0v) is 14.2. The first kappa shape index (κ1) is 14.1. The van der Waals surface area contributed by atoms with Gasteiger partial charge in [0.15, 0.2) is 0 Å². The fourth-order valence-electron chi connectivity index (χ4n) is 1.85. The molecule has 0 saturated carbocycles. The summed E-state index contributed by atoms with van der Waals surface area (Å²) in [6.45, 7) is 0. The van der Waals surface area contributed by atoms with Gasteiger partial charge in [-0.25, -0.2) is 4.98 Å². The zero-order chi connectivity index (χ0) is 13.9. The van der Waals surface area contributed by atoms with Gasteiger partial charge in [-0.2, -0.15) is 0 Å². The number of aromatic nitrogens is 1. The largest absolute Gasteiger partial charge is 0.371 e. The Morgan fingerprint density at radius 2 is 2.05 bits per heavy atom. The molecule has 6 heteroatoms. The lowest BCUT2D eigenvalue weighted by Crippen LogP contribution is -2.09. The summed E-state index contributed by atoms with van der Waals surface area (Å²) in [7, 11) is 0. The van der Waals surface area contributed by atoms with E-state index in [0.717, 1.165) is 14.6 Å². The monoisotopic (exact) mass is 384 g/mol. The molecular formula is C14H10BrClN2S2. The smallest absolute Gasteiger partial charge is 0.106 e. The number of nitrogens with zero attached hydrogens (tertiary/aromatic N) is 1. The molecule has 0 amide bonds. The Kier molecular flexibility index (Phi) is 4.41. The molecule has 0 spiro atoms. The third-order valence-electron chi connectivity index (χ3n) is 2.74. The van der Waals surface area contributed by atoms with Crippen molar-refractivity contribution in [2.24, 2.45) is 0 Å². The van der Waals surface area contributed by atoms with Crippen molar-refractivity contribution in [2.75, 3.05) is 5.32 Å². The molecule has 0 aliphatic rings. The first-order valence-electron chi connectivity index (χ1n) is 5.89. The van der Waals surface area contributed by atoms with Crippen LogP contribution in [0.3, 0.4) is 0 Å². The fraction of sp³-hybridized carbons (Fsp3) is 0.0714. The van der Waals surface area contributed by atoms with Crippen LogP contribution in [0.15, 0.2) is 52.6 Å². The maximum atomic E-state index is 6.07.